The van der Waals surface area contributed by atoms with Crippen molar-refractivity contribution in [2.75, 3.05) is 13.1 Å². The minimum Gasteiger partial charge on any atom is -0.450 e. The van der Waals surface area contributed by atoms with E-state index in [1.54, 1.807) is 0 Å². The topological polar surface area (TPSA) is 49.8 Å². The molecule has 15 heavy (non-hydrogen) atoms. The SMILES string of the molecule is O=C(O)OC1CN(Cc2ccccc2)C1. The van der Waals surface area contributed by atoms with Crippen molar-refractivity contribution in [2.24, 2.45) is 0 Å². The van der Waals surface area contributed by atoms with Gasteiger partial charge in [0.1, 0.15) is 6.10 Å². The number of ether oxygens (including phenoxy) is 1. The summed E-state index contributed by atoms with van der Waals surface area (Å²) in [5.74, 6) is 0. The van der Waals surface area contributed by atoms with Crippen LogP contribution in [0.2, 0.25) is 0 Å². The molecule has 0 bridgehead atoms. The van der Waals surface area contributed by atoms with Crippen LogP contribution in [0, 0.1) is 0 Å². The zero-order chi connectivity index (χ0) is 10.7. The van der Waals surface area contributed by atoms with Gasteiger partial charge in [0.25, 0.3) is 0 Å². The van der Waals surface area contributed by atoms with Gasteiger partial charge in [-0.3, -0.25) is 4.90 Å². The van der Waals surface area contributed by atoms with Crippen molar-refractivity contribution < 1.29 is 14.6 Å². The van der Waals surface area contributed by atoms with E-state index in [4.69, 9.17) is 5.11 Å². The van der Waals surface area contributed by atoms with E-state index in [1.165, 1.54) is 5.56 Å². The normalized spacial score (nSPS) is 17.1. The molecule has 80 valence electrons. The summed E-state index contributed by atoms with van der Waals surface area (Å²) >= 11 is 0. The number of rotatable bonds is 3. The van der Waals surface area contributed by atoms with E-state index in [1.807, 2.05) is 18.2 Å². The van der Waals surface area contributed by atoms with E-state index in [9.17, 15) is 4.79 Å². The minimum absolute atomic E-state index is 0.147. The number of nitrogens with zero attached hydrogens (tertiary/aromatic N) is 1. The van der Waals surface area contributed by atoms with Crippen LogP contribution in [0.1, 0.15) is 5.56 Å². The second-order valence-corrected chi connectivity index (χ2v) is 3.69. The lowest BCUT2D eigenvalue weighted by Gasteiger charge is -2.37. The molecule has 0 amide bonds. The molecular formula is C11H13NO3. The van der Waals surface area contributed by atoms with Gasteiger partial charge in [-0.15, -0.1) is 0 Å². The number of benzene rings is 1. The molecule has 1 heterocycles. The summed E-state index contributed by atoms with van der Waals surface area (Å²) in [7, 11) is 0. The first kappa shape index (κ1) is 9.98. The molecular weight excluding hydrogens is 194 g/mol. The van der Waals surface area contributed by atoms with E-state index >= 15 is 0 Å². The summed E-state index contributed by atoms with van der Waals surface area (Å²) in [5, 5.41) is 8.38. The Labute approximate surface area is 88.1 Å². The third-order valence-electron chi connectivity index (χ3n) is 2.44. The van der Waals surface area contributed by atoms with Crippen molar-refractivity contribution in [3.63, 3.8) is 0 Å². The van der Waals surface area contributed by atoms with Crippen LogP contribution in [0.15, 0.2) is 30.3 Å². The largest absolute Gasteiger partial charge is 0.506 e. The molecule has 4 nitrogen and oxygen atoms in total. The Kier molecular flexibility index (Phi) is 2.87. The van der Waals surface area contributed by atoms with Crippen LogP contribution in [0.4, 0.5) is 4.79 Å². The Balaban J connectivity index is 1.74. The average molecular weight is 207 g/mol. The van der Waals surface area contributed by atoms with Crippen molar-refractivity contribution in [2.45, 2.75) is 12.6 Å². The monoisotopic (exact) mass is 207 g/mol. The molecule has 1 aromatic carbocycles. The molecule has 0 spiro atoms. The highest BCUT2D eigenvalue weighted by molar-refractivity contribution is 5.57. The first-order valence-electron chi connectivity index (χ1n) is 4.90. The maximum absolute atomic E-state index is 10.2. The molecule has 1 fully saturated rings. The van der Waals surface area contributed by atoms with Crippen molar-refractivity contribution in [3.05, 3.63) is 35.9 Å². The summed E-state index contributed by atoms with van der Waals surface area (Å²) in [5.41, 5.74) is 1.24. The third kappa shape index (κ3) is 2.70. The number of hydrogen-bond donors (Lipinski definition) is 1. The van der Waals surface area contributed by atoms with Crippen LogP contribution in [-0.4, -0.2) is 35.4 Å². The lowest BCUT2D eigenvalue weighted by Crippen LogP contribution is -2.52. The minimum atomic E-state index is -1.18. The van der Waals surface area contributed by atoms with Gasteiger partial charge in [-0.1, -0.05) is 30.3 Å². The Bertz CT molecular complexity index is 333. The van der Waals surface area contributed by atoms with E-state index in [2.05, 4.69) is 21.8 Å². The van der Waals surface area contributed by atoms with Gasteiger partial charge in [0.15, 0.2) is 0 Å². The predicted molar refractivity (Wildman–Crippen MR) is 54.6 cm³/mol. The summed E-state index contributed by atoms with van der Waals surface area (Å²) < 4.78 is 4.63. The molecule has 0 atom stereocenters. The van der Waals surface area contributed by atoms with Crippen molar-refractivity contribution in [1.29, 1.82) is 0 Å². The summed E-state index contributed by atoms with van der Waals surface area (Å²) in [6.07, 6.45) is -1.33. The molecule has 0 unspecified atom stereocenters. The fourth-order valence-corrected chi connectivity index (χ4v) is 1.71. The van der Waals surface area contributed by atoms with Gasteiger partial charge < -0.3 is 9.84 Å². The number of likely N-dealkylation sites (tertiary alicyclic amines) is 1. The quantitative estimate of drug-likeness (QED) is 0.764. The highest BCUT2D eigenvalue weighted by Crippen LogP contribution is 2.15. The van der Waals surface area contributed by atoms with Crippen LogP contribution in [-0.2, 0) is 11.3 Å². The predicted octanol–water partition coefficient (Wildman–Crippen LogP) is 1.57. The van der Waals surface area contributed by atoms with E-state index < -0.39 is 6.16 Å². The zero-order valence-electron chi connectivity index (χ0n) is 8.30. The van der Waals surface area contributed by atoms with Gasteiger partial charge in [-0.05, 0) is 5.56 Å². The standard InChI is InChI=1S/C11H13NO3/c13-11(14)15-10-7-12(8-10)6-9-4-2-1-3-5-9/h1-5,10H,6-8H2,(H,13,14). The smallest absolute Gasteiger partial charge is 0.450 e. The lowest BCUT2D eigenvalue weighted by molar-refractivity contribution is -0.0363. The van der Waals surface area contributed by atoms with Crippen molar-refractivity contribution in [3.8, 4) is 0 Å². The molecule has 1 N–H and O–H groups in total. The summed E-state index contributed by atoms with van der Waals surface area (Å²) in [6, 6.07) is 10.1. The summed E-state index contributed by atoms with van der Waals surface area (Å²) in [6.45, 7) is 2.25. The molecule has 1 aliphatic rings. The molecule has 1 aliphatic heterocycles. The number of hydrogen-bond acceptors (Lipinski definition) is 3. The lowest BCUT2D eigenvalue weighted by atomic mass is 10.1. The Morgan fingerprint density at radius 2 is 2.07 bits per heavy atom. The molecule has 1 saturated heterocycles. The van der Waals surface area contributed by atoms with E-state index in [0.717, 1.165) is 6.54 Å². The van der Waals surface area contributed by atoms with Gasteiger partial charge in [-0.25, -0.2) is 4.79 Å². The fourth-order valence-electron chi connectivity index (χ4n) is 1.71. The van der Waals surface area contributed by atoms with Gasteiger partial charge in [0.05, 0.1) is 0 Å². The van der Waals surface area contributed by atoms with Gasteiger partial charge in [0, 0.05) is 19.6 Å². The first-order valence-corrected chi connectivity index (χ1v) is 4.90. The molecule has 0 aliphatic carbocycles. The third-order valence-corrected chi connectivity index (χ3v) is 2.44. The van der Waals surface area contributed by atoms with Crippen LogP contribution < -0.4 is 0 Å². The number of carboxylic acid groups (broad SMARTS) is 1. The molecule has 0 radical (unpaired) electrons. The first-order chi connectivity index (χ1) is 7.24. The molecule has 1 aromatic rings. The zero-order valence-corrected chi connectivity index (χ0v) is 8.30. The number of carbonyl (C=O) groups is 1. The Morgan fingerprint density at radius 1 is 1.40 bits per heavy atom. The van der Waals surface area contributed by atoms with Crippen LogP contribution in [0.3, 0.4) is 0 Å². The highest BCUT2D eigenvalue weighted by atomic mass is 16.7. The van der Waals surface area contributed by atoms with E-state index in [0.29, 0.717) is 13.1 Å². The molecule has 2 rings (SSSR count). The Morgan fingerprint density at radius 3 is 2.67 bits per heavy atom. The van der Waals surface area contributed by atoms with Crippen LogP contribution >= 0.6 is 0 Å². The van der Waals surface area contributed by atoms with Crippen LogP contribution in [0.5, 0.6) is 0 Å². The van der Waals surface area contributed by atoms with E-state index in [-0.39, 0.29) is 6.10 Å². The molecule has 4 heteroatoms. The van der Waals surface area contributed by atoms with Gasteiger partial charge in [-0.2, -0.15) is 0 Å². The summed E-state index contributed by atoms with van der Waals surface area (Å²) in [4.78, 5) is 12.4. The molecule has 0 aromatic heterocycles. The van der Waals surface area contributed by atoms with Crippen molar-refractivity contribution in [1.82, 2.24) is 4.90 Å². The maximum atomic E-state index is 10.2. The molecule has 0 saturated carbocycles. The second-order valence-electron chi connectivity index (χ2n) is 3.69. The fraction of sp³-hybridized carbons (Fsp3) is 0.364. The average Bonchev–Trinajstić information content (AvgIpc) is 2.15. The highest BCUT2D eigenvalue weighted by Gasteiger charge is 2.29. The second kappa shape index (κ2) is 4.31. The Hall–Kier alpha value is -1.55. The maximum Gasteiger partial charge on any atom is 0.506 e. The van der Waals surface area contributed by atoms with Crippen molar-refractivity contribution >= 4 is 6.16 Å². The van der Waals surface area contributed by atoms with Gasteiger partial charge >= 0.3 is 6.16 Å². The van der Waals surface area contributed by atoms with Crippen LogP contribution in [0.25, 0.3) is 0 Å². The van der Waals surface area contributed by atoms with Gasteiger partial charge in [0.2, 0.25) is 0 Å².